The van der Waals surface area contributed by atoms with Crippen molar-refractivity contribution in [2.45, 2.75) is 19.3 Å². The van der Waals surface area contributed by atoms with Gasteiger partial charge in [0.2, 0.25) is 0 Å². The molecule has 0 bridgehead atoms. The molecule has 0 aliphatic carbocycles. The molecule has 1 aliphatic rings. The highest BCUT2D eigenvalue weighted by Crippen LogP contribution is 2.19. The van der Waals surface area contributed by atoms with Crippen LogP contribution in [0.25, 0.3) is 0 Å². The molecular weight excluding hydrogens is 354 g/mol. The maximum absolute atomic E-state index is 12.6. The average molecular weight is 383 g/mol. The molecule has 0 N–H and O–H groups in total. The van der Waals surface area contributed by atoms with Gasteiger partial charge in [-0.3, -0.25) is 4.79 Å². The van der Waals surface area contributed by atoms with Crippen molar-refractivity contribution in [3.05, 3.63) is 65.1 Å². The lowest BCUT2D eigenvalue weighted by molar-refractivity contribution is -0.605. The predicted octanol–water partition coefficient (Wildman–Crippen LogP) is 2.36. The minimum atomic E-state index is -0.0315. The highest BCUT2D eigenvalue weighted by molar-refractivity contribution is 5.93. The number of benzene rings is 1. The third-order valence-electron chi connectivity index (χ3n) is 5.41. The fourth-order valence-electron chi connectivity index (χ4n) is 3.83. The van der Waals surface area contributed by atoms with Gasteiger partial charge in [0.15, 0.2) is 12.4 Å². The van der Waals surface area contributed by atoms with E-state index in [0.717, 1.165) is 51.2 Å². The quantitative estimate of drug-likeness (QED) is 0.544. The molecule has 150 valence electrons. The van der Waals surface area contributed by atoms with Crippen molar-refractivity contribution in [2.24, 2.45) is 5.92 Å². The predicted molar refractivity (Wildman–Crippen MR) is 108 cm³/mol. The number of carbonyl (C=O) groups is 1. The van der Waals surface area contributed by atoms with E-state index in [1.807, 2.05) is 19.2 Å². The van der Waals surface area contributed by atoms with E-state index >= 15 is 0 Å². The second-order valence-corrected chi connectivity index (χ2v) is 7.54. The van der Waals surface area contributed by atoms with Crippen LogP contribution in [-0.4, -0.2) is 56.0 Å². The van der Waals surface area contributed by atoms with E-state index in [0.29, 0.717) is 16.2 Å². The summed E-state index contributed by atoms with van der Waals surface area (Å²) in [5.41, 5.74) is 1.87. The minimum absolute atomic E-state index is 0.0315. The highest BCUT2D eigenvalue weighted by Gasteiger charge is 2.23. The Labute approximate surface area is 166 Å². The molecule has 1 atom stereocenters. The number of pyridine rings is 1. The Hall–Kier alpha value is -2.60. The number of carbonyl (C=O) groups excluding carboxylic acids is 1. The largest absolute Gasteiger partial charge is 0.619 e. The zero-order valence-corrected chi connectivity index (χ0v) is 16.7. The maximum Gasteiger partial charge on any atom is 0.254 e. The third-order valence-corrected chi connectivity index (χ3v) is 5.41. The van der Waals surface area contributed by atoms with Gasteiger partial charge in [-0.2, -0.15) is 4.73 Å². The van der Waals surface area contributed by atoms with Crippen molar-refractivity contribution in [1.82, 2.24) is 9.80 Å². The monoisotopic (exact) mass is 383 g/mol. The number of hydrogen-bond donors (Lipinski definition) is 0. The normalized spacial score (nSPS) is 17.3. The number of hydrogen-bond acceptors (Lipinski definition) is 4. The van der Waals surface area contributed by atoms with Crippen molar-refractivity contribution in [3.8, 4) is 5.75 Å². The van der Waals surface area contributed by atoms with E-state index in [-0.39, 0.29) is 5.91 Å². The minimum Gasteiger partial charge on any atom is -0.619 e. The number of rotatable bonds is 7. The molecule has 3 rings (SSSR count). The zero-order chi connectivity index (χ0) is 19.9. The molecule has 0 unspecified atom stereocenters. The summed E-state index contributed by atoms with van der Waals surface area (Å²) in [4.78, 5) is 16.8. The van der Waals surface area contributed by atoms with Gasteiger partial charge in [-0.15, -0.1) is 0 Å². The molecule has 1 aromatic carbocycles. The molecule has 0 radical (unpaired) electrons. The van der Waals surface area contributed by atoms with Gasteiger partial charge in [-0.25, -0.2) is 0 Å². The van der Waals surface area contributed by atoms with E-state index in [2.05, 4.69) is 17.0 Å². The molecule has 6 nitrogen and oxygen atoms in total. The number of ether oxygens (including phenoxy) is 1. The lowest BCUT2D eigenvalue weighted by Gasteiger charge is -2.34. The van der Waals surface area contributed by atoms with Crippen molar-refractivity contribution >= 4 is 5.91 Å². The van der Waals surface area contributed by atoms with Crippen LogP contribution in [0.2, 0.25) is 0 Å². The molecule has 1 aromatic heterocycles. The van der Waals surface area contributed by atoms with Crippen LogP contribution in [-0.2, 0) is 6.42 Å². The fourth-order valence-corrected chi connectivity index (χ4v) is 3.83. The first-order chi connectivity index (χ1) is 13.5. The van der Waals surface area contributed by atoms with Gasteiger partial charge in [0.1, 0.15) is 5.75 Å². The van der Waals surface area contributed by atoms with Crippen molar-refractivity contribution in [1.29, 1.82) is 0 Å². The number of piperidine rings is 1. The Morgan fingerprint density at radius 2 is 1.96 bits per heavy atom. The summed E-state index contributed by atoms with van der Waals surface area (Å²) in [6.45, 7) is 3.91. The van der Waals surface area contributed by atoms with Gasteiger partial charge < -0.3 is 19.7 Å². The van der Waals surface area contributed by atoms with E-state index in [1.54, 1.807) is 24.1 Å². The van der Waals surface area contributed by atoms with Crippen LogP contribution in [0.3, 0.4) is 0 Å². The summed E-state index contributed by atoms with van der Waals surface area (Å²) in [7, 11) is 3.53. The molecule has 2 heterocycles. The van der Waals surface area contributed by atoms with Crippen LogP contribution < -0.4 is 9.47 Å². The zero-order valence-electron chi connectivity index (χ0n) is 16.7. The summed E-state index contributed by atoms with van der Waals surface area (Å²) >= 11 is 0. The fraction of sp³-hybridized carbons (Fsp3) is 0.455. The summed E-state index contributed by atoms with van der Waals surface area (Å²) in [6, 6.07) is 11.4. The first-order valence-electron chi connectivity index (χ1n) is 9.84. The standard InChI is InChI=1S/C22H29N3O3/c1-23(22(26)20-10-14-25(27)15-11-20)16-19-4-3-12-24(17-19)13-9-18-5-7-21(28-2)8-6-18/h5-8,10-11,14-15,19H,3-4,9,12-13,16-17H2,1-2H3/t19-/m0/s1. The van der Waals surface area contributed by atoms with Gasteiger partial charge in [-0.1, -0.05) is 12.1 Å². The lowest BCUT2D eigenvalue weighted by atomic mass is 9.97. The molecule has 1 saturated heterocycles. The van der Waals surface area contributed by atoms with Crippen LogP contribution in [0.1, 0.15) is 28.8 Å². The number of nitrogens with zero attached hydrogens (tertiary/aromatic N) is 3. The van der Waals surface area contributed by atoms with E-state index in [4.69, 9.17) is 4.74 Å². The first kappa shape index (κ1) is 20.1. The molecule has 1 fully saturated rings. The summed E-state index contributed by atoms with van der Waals surface area (Å²) in [5, 5.41) is 11.1. The SMILES string of the molecule is COc1ccc(CCN2CCC[C@@H](CN(C)C(=O)c3cc[n+]([O-])cc3)C2)cc1. The van der Waals surface area contributed by atoms with Crippen molar-refractivity contribution in [2.75, 3.05) is 40.3 Å². The number of amides is 1. The number of likely N-dealkylation sites (tertiary alicyclic amines) is 1. The second-order valence-electron chi connectivity index (χ2n) is 7.54. The van der Waals surface area contributed by atoms with Gasteiger partial charge in [0.05, 0.1) is 12.7 Å². The average Bonchev–Trinajstić information content (AvgIpc) is 2.73. The molecule has 0 saturated carbocycles. The van der Waals surface area contributed by atoms with E-state index < -0.39 is 0 Å². The Balaban J connectivity index is 1.48. The Bertz CT molecular complexity index is 762. The van der Waals surface area contributed by atoms with Gasteiger partial charge >= 0.3 is 0 Å². The molecule has 6 heteroatoms. The summed E-state index contributed by atoms with van der Waals surface area (Å²) in [5.74, 6) is 1.33. The summed E-state index contributed by atoms with van der Waals surface area (Å²) < 4.78 is 5.91. The molecular formula is C22H29N3O3. The third kappa shape index (κ3) is 5.45. The van der Waals surface area contributed by atoms with Crippen LogP contribution in [0.4, 0.5) is 0 Å². The molecule has 0 spiro atoms. The van der Waals surface area contributed by atoms with Gasteiger partial charge in [0, 0.05) is 38.8 Å². The maximum atomic E-state index is 12.6. The number of aromatic nitrogens is 1. The van der Waals surface area contributed by atoms with E-state index in [1.165, 1.54) is 18.0 Å². The number of methoxy groups -OCH3 is 1. The smallest absolute Gasteiger partial charge is 0.254 e. The van der Waals surface area contributed by atoms with Crippen LogP contribution in [0.5, 0.6) is 5.75 Å². The molecule has 1 amide bonds. The van der Waals surface area contributed by atoms with Crippen LogP contribution in [0, 0.1) is 11.1 Å². The highest BCUT2D eigenvalue weighted by atomic mass is 16.5. The Morgan fingerprint density at radius 3 is 2.64 bits per heavy atom. The Morgan fingerprint density at radius 1 is 1.25 bits per heavy atom. The topological polar surface area (TPSA) is 59.7 Å². The van der Waals surface area contributed by atoms with Crippen LogP contribution >= 0.6 is 0 Å². The van der Waals surface area contributed by atoms with Crippen LogP contribution in [0.15, 0.2) is 48.8 Å². The molecule has 1 aliphatic heterocycles. The van der Waals surface area contributed by atoms with Gasteiger partial charge in [0.25, 0.3) is 5.91 Å². The van der Waals surface area contributed by atoms with Crippen molar-refractivity contribution in [3.63, 3.8) is 0 Å². The van der Waals surface area contributed by atoms with Gasteiger partial charge in [-0.05, 0) is 49.4 Å². The summed E-state index contributed by atoms with van der Waals surface area (Å²) in [6.07, 6.45) is 6.05. The molecule has 2 aromatic rings. The van der Waals surface area contributed by atoms with E-state index in [9.17, 15) is 10.0 Å². The molecule has 28 heavy (non-hydrogen) atoms. The lowest BCUT2D eigenvalue weighted by Crippen LogP contribution is -2.42. The van der Waals surface area contributed by atoms with Crippen molar-refractivity contribution < 1.29 is 14.3 Å². The second kappa shape index (κ2) is 9.55. The first-order valence-corrected chi connectivity index (χ1v) is 9.84. The Kier molecular flexibility index (Phi) is 6.87.